The van der Waals surface area contributed by atoms with E-state index in [-0.39, 0.29) is 5.82 Å². The summed E-state index contributed by atoms with van der Waals surface area (Å²) in [7, 11) is 0. The molecule has 1 unspecified atom stereocenters. The second kappa shape index (κ2) is 8.53. The molecule has 20 heavy (non-hydrogen) atoms. The SMILES string of the molecule is CCCNC(CCN(CC)c1cccc(F)c1)C(=O)O. The number of nitrogens with zero attached hydrogens (tertiary/aromatic N) is 1. The Morgan fingerprint density at radius 3 is 2.75 bits per heavy atom. The largest absolute Gasteiger partial charge is 0.480 e. The van der Waals surface area contributed by atoms with Crippen molar-refractivity contribution < 1.29 is 14.3 Å². The van der Waals surface area contributed by atoms with E-state index < -0.39 is 12.0 Å². The Balaban J connectivity index is 2.61. The van der Waals surface area contributed by atoms with Crippen LogP contribution >= 0.6 is 0 Å². The van der Waals surface area contributed by atoms with E-state index in [0.29, 0.717) is 26.1 Å². The topological polar surface area (TPSA) is 52.6 Å². The Morgan fingerprint density at radius 2 is 2.20 bits per heavy atom. The number of rotatable bonds is 9. The number of halogens is 1. The van der Waals surface area contributed by atoms with E-state index in [1.165, 1.54) is 12.1 Å². The quantitative estimate of drug-likeness (QED) is 0.730. The van der Waals surface area contributed by atoms with Crippen molar-refractivity contribution in [3.05, 3.63) is 30.1 Å². The summed E-state index contributed by atoms with van der Waals surface area (Å²) >= 11 is 0. The lowest BCUT2D eigenvalue weighted by molar-refractivity contribution is -0.139. The summed E-state index contributed by atoms with van der Waals surface area (Å²) in [6.45, 7) is 5.94. The fourth-order valence-electron chi connectivity index (χ4n) is 2.06. The van der Waals surface area contributed by atoms with E-state index in [0.717, 1.165) is 12.1 Å². The fraction of sp³-hybridized carbons (Fsp3) is 0.533. The van der Waals surface area contributed by atoms with Gasteiger partial charge in [0.2, 0.25) is 0 Å². The first-order chi connectivity index (χ1) is 9.58. The van der Waals surface area contributed by atoms with Gasteiger partial charge in [-0.1, -0.05) is 13.0 Å². The first-order valence-electron chi connectivity index (χ1n) is 7.05. The van der Waals surface area contributed by atoms with Crippen LogP contribution < -0.4 is 10.2 Å². The van der Waals surface area contributed by atoms with Crippen LogP contribution in [0.5, 0.6) is 0 Å². The summed E-state index contributed by atoms with van der Waals surface area (Å²) in [6.07, 6.45) is 1.38. The summed E-state index contributed by atoms with van der Waals surface area (Å²) < 4.78 is 13.2. The van der Waals surface area contributed by atoms with Crippen LogP contribution in [0.4, 0.5) is 10.1 Å². The first kappa shape index (κ1) is 16.4. The zero-order valence-corrected chi connectivity index (χ0v) is 12.1. The molecule has 5 heteroatoms. The number of carbonyl (C=O) groups is 1. The molecular formula is C15H23FN2O2. The van der Waals surface area contributed by atoms with Crippen molar-refractivity contribution in [1.82, 2.24) is 5.32 Å². The molecule has 0 bridgehead atoms. The molecule has 1 atom stereocenters. The van der Waals surface area contributed by atoms with Crippen molar-refractivity contribution in [3.63, 3.8) is 0 Å². The second-order valence-electron chi connectivity index (χ2n) is 4.69. The van der Waals surface area contributed by atoms with Gasteiger partial charge >= 0.3 is 5.97 Å². The predicted molar refractivity (Wildman–Crippen MR) is 78.6 cm³/mol. The van der Waals surface area contributed by atoms with Gasteiger partial charge in [-0.25, -0.2) is 4.39 Å². The lowest BCUT2D eigenvalue weighted by Gasteiger charge is -2.25. The van der Waals surface area contributed by atoms with Gasteiger partial charge in [0.1, 0.15) is 11.9 Å². The van der Waals surface area contributed by atoms with E-state index in [9.17, 15) is 9.18 Å². The molecule has 2 N–H and O–H groups in total. The van der Waals surface area contributed by atoms with Crippen molar-refractivity contribution in [2.24, 2.45) is 0 Å². The Bertz CT molecular complexity index is 426. The van der Waals surface area contributed by atoms with Gasteiger partial charge in [0.05, 0.1) is 0 Å². The number of carboxylic acids is 1. The number of benzene rings is 1. The highest BCUT2D eigenvalue weighted by atomic mass is 19.1. The van der Waals surface area contributed by atoms with Crippen LogP contribution in [0.15, 0.2) is 24.3 Å². The molecule has 0 radical (unpaired) electrons. The van der Waals surface area contributed by atoms with Crippen molar-refractivity contribution in [1.29, 1.82) is 0 Å². The maximum Gasteiger partial charge on any atom is 0.320 e. The molecule has 0 spiro atoms. The highest BCUT2D eigenvalue weighted by Crippen LogP contribution is 2.16. The van der Waals surface area contributed by atoms with Crippen LogP contribution in [0.1, 0.15) is 26.7 Å². The molecule has 112 valence electrons. The van der Waals surface area contributed by atoms with Crippen LogP contribution in [-0.2, 0) is 4.79 Å². The van der Waals surface area contributed by atoms with E-state index in [1.54, 1.807) is 6.07 Å². The molecule has 1 aromatic carbocycles. The van der Waals surface area contributed by atoms with Gasteiger partial charge in [-0.3, -0.25) is 4.79 Å². The molecule has 0 aliphatic rings. The molecule has 0 aliphatic carbocycles. The zero-order valence-electron chi connectivity index (χ0n) is 12.1. The first-order valence-corrected chi connectivity index (χ1v) is 7.05. The molecule has 0 heterocycles. The van der Waals surface area contributed by atoms with Crippen molar-refractivity contribution >= 4 is 11.7 Å². The lowest BCUT2D eigenvalue weighted by Crippen LogP contribution is -2.40. The van der Waals surface area contributed by atoms with E-state index in [2.05, 4.69) is 5.32 Å². The third-order valence-corrected chi connectivity index (χ3v) is 3.18. The van der Waals surface area contributed by atoms with E-state index >= 15 is 0 Å². The highest BCUT2D eigenvalue weighted by Gasteiger charge is 2.17. The van der Waals surface area contributed by atoms with Gasteiger partial charge in [-0.05, 0) is 44.5 Å². The van der Waals surface area contributed by atoms with Gasteiger partial charge in [0, 0.05) is 18.8 Å². The Morgan fingerprint density at radius 1 is 1.45 bits per heavy atom. The van der Waals surface area contributed by atoms with Crippen molar-refractivity contribution in [3.8, 4) is 0 Å². The molecule has 0 saturated heterocycles. The monoisotopic (exact) mass is 282 g/mol. The highest BCUT2D eigenvalue weighted by molar-refractivity contribution is 5.73. The number of nitrogens with one attached hydrogen (secondary N) is 1. The molecule has 0 amide bonds. The number of hydrogen-bond donors (Lipinski definition) is 2. The molecule has 1 rings (SSSR count). The maximum absolute atomic E-state index is 13.2. The molecule has 0 saturated carbocycles. The Kier molecular flexibility index (Phi) is 7.01. The van der Waals surface area contributed by atoms with Crippen molar-refractivity contribution in [2.45, 2.75) is 32.7 Å². The zero-order chi connectivity index (χ0) is 15.0. The lowest BCUT2D eigenvalue weighted by atomic mass is 10.1. The summed E-state index contributed by atoms with van der Waals surface area (Å²) in [6, 6.07) is 5.82. The summed E-state index contributed by atoms with van der Waals surface area (Å²) in [5.74, 6) is -1.12. The number of hydrogen-bond acceptors (Lipinski definition) is 3. The van der Waals surface area contributed by atoms with Crippen LogP contribution in [0.2, 0.25) is 0 Å². The number of aliphatic carboxylic acids is 1. The van der Waals surface area contributed by atoms with Gasteiger partial charge in [-0.2, -0.15) is 0 Å². The smallest absolute Gasteiger partial charge is 0.320 e. The molecule has 0 aromatic heterocycles. The molecule has 0 aliphatic heterocycles. The molecule has 0 fully saturated rings. The van der Waals surface area contributed by atoms with Crippen LogP contribution in [0.25, 0.3) is 0 Å². The van der Waals surface area contributed by atoms with Gasteiger partial charge in [-0.15, -0.1) is 0 Å². The summed E-state index contributed by atoms with van der Waals surface area (Å²) in [5.41, 5.74) is 0.784. The van der Waals surface area contributed by atoms with E-state index in [1.807, 2.05) is 24.8 Å². The van der Waals surface area contributed by atoms with Crippen LogP contribution in [0.3, 0.4) is 0 Å². The Hall–Kier alpha value is -1.62. The normalized spacial score (nSPS) is 12.2. The van der Waals surface area contributed by atoms with Gasteiger partial charge in [0.25, 0.3) is 0 Å². The molecule has 1 aromatic rings. The fourth-order valence-corrected chi connectivity index (χ4v) is 2.06. The molecular weight excluding hydrogens is 259 g/mol. The third kappa shape index (κ3) is 5.17. The average molecular weight is 282 g/mol. The van der Waals surface area contributed by atoms with Gasteiger partial charge in [0.15, 0.2) is 0 Å². The number of carboxylic acid groups (broad SMARTS) is 1. The van der Waals surface area contributed by atoms with E-state index in [4.69, 9.17) is 5.11 Å². The Labute approximate surface area is 119 Å². The second-order valence-corrected chi connectivity index (χ2v) is 4.69. The van der Waals surface area contributed by atoms with Crippen molar-refractivity contribution in [2.75, 3.05) is 24.5 Å². The maximum atomic E-state index is 13.2. The third-order valence-electron chi connectivity index (χ3n) is 3.18. The minimum atomic E-state index is -0.839. The standard InChI is InChI=1S/C15H23FN2O2/c1-3-9-17-14(15(19)20)8-10-18(4-2)13-7-5-6-12(16)11-13/h5-7,11,14,17H,3-4,8-10H2,1-2H3,(H,19,20). The van der Waals surface area contributed by atoms with Crippen LogP contribution in [0, 0.1) is 5.82 Å². The summed E-state index contributed by atoms with van der Waals surface area (Å²) in [4.78, 5) is 13.1. The minimum Gasteiger partial charge on any atom is -0.480 e. The minimum absolute atomic E-state index is 0.278. The predicted octanol–water partition coefficient (Wildman–Crippen LogP) is 2.49. The molecule has 4 nitrogen and oxygen atoms in total. The van der Waals surface area contributed by atoms with Crippen LogP contribution in [-0.4, -0.2) is 36.8 Å². The van der Waals surface area contributed by atoms with Gasteiger partial charge < -0.3 is 15.3 Å². The summed E-state index contributed by atoms with van der Waals surface area (Å²) in [5, 5.41) is 12.2. The average Bonchev–Trinajstić information content (AvgIpc) is 2.42. The number of anilines is 1.